The minimum Gasteiger partial charge on any atom is -0.549 e. The number of rotatable bonds is 15. The molecule has 3 aliphatic carbocycles. The van der Waals surface area contributed by atoms with E-state index in [1.54, 1.807) is 20.8 Å². The van der Waals surface area contributed by atoms with Crippen LogP contribution in [0.1, 0.15) is 73.4 Å². The number of nitrogens with zero attached hydrogens (tertiary/aromatic N) is 6. The zero-order valence-corrected chi connectivity index (χ0v) is 42.0. The van der Waals surface area contributed by atoms with Gasteiger partial charge in [-0.1, -0.05) is 37.1 Å². The Hall–Kier alpha value is -4.12. The van der Waals surface area contributed by atoms with E-state index in [2.05, 4.69) is 44.7 Å². The van der Waals surface area contributed by atoms with Crippen molar-refractivity contribution in [3.8, 4) is 11.5 Å². The molecule has 2 saturated heterocycles. The summed E-state index contributed by atoms with van der Waals surface area (Å²) >= 11 is 0. The number of hydrogen-bond donors (Lipinski definition) is 3. The van der Waals surface area contributed by atoms with Crippen molar-refractivity contribution in [3.05, 3.63) is 58.8 Å². The van der Waals surface area contributed by atoms with Crippen LogP contribution in [-0.4, -0.2) is 204 Å². The van der Waals surface area contributed by atoms with Crippen LogP contribution in [-0.2, 0) is 44.0 Å². The van der Waals surface area contributed by atoms with E-state index >= 15 is 0 Å². The topological polar surface area (TPSA) is 229 Å². The molecule has 6 aliphatic rings. The largest absolute Gasteiger partial charge is 3.00 e. The molecule has 3 fully saturated rings. The van der Waals surface area contributed by atoms with Crippen molar-refractivity contribution in [1.82, 2.24) is 29.1 Å². The van der Waals surface area contributed by atoms with Gasteiger partial charge in [0.25, 0.3) is 0 Å². The Bertz CT molecular complexity index is 2340. The van der Waals surface area contributed by atoms with Crippen LogP contribution in [0, 0.1) is 5.92 Å². The molecule has 3 N–H and O–H groups in total. The maximum absolute atomic E-state index is 13.3. The molecule has 372 valence electrons. The maximum atomic E-state index is 13.3. The van der Waals surface area contributed by atoms with Crippen molar-refractivity contribution in [1.29, 1.82) is 0 Å². The summed E-state index contributed by atoms with van der Waals surface area (Å²) in [5.41, 5.74) is 3.96. The number of carbonyl (C=O) groups is 4. The van der Waals surface area contributed by atoms with Crippen LogP contribution >= 0.6 is 0 Å². The van der Waals surface area contributed by atoms with Crippen molar-refractivity contribution >= 4 is 60.6 Å². The van der Waals surface area contributed by atoms with Crippen molar-refractivity contribution < 1.29 is 67.7 Å². The summed E-state index contributed by atoms with van der Waals surface area (Å²) in [6, 6.07) is 12.3. The quantitative estimate of drug-likeness (QED) is 0.161. The van der Waals surface area contributed by atoms with Gasteiger partial charge in [0.15, 0.2) is 17.6 Å². The third-order valence-corrected chi connectivity index (χ3v) is 15.2. The number of ether oxygens (including phenoxy) is 1. The summed E-state index contributed by atoms with van der Waals surface area (Å²) in [6.07, 6.45) is 2.86. The number of fused-ring (bicyclic) bond motifs is 4. The SMILES string of the molecule is O=C(O)C(F)(F)F.O=C([O-])CN1CCN(CCCCCCn2c3c(c4ccccc42)C[C@@]2(O)[C@H]4Cc5ccc(O)c6c5[C@@]2(CCN4CC2CC2)[C@H]3O6)CCN(CC(=O)[O-])CCN(CC(=O)[O-])CC1.[In+3]. The Balaban J connectivity index is 0.000000818. The number of para-hydroxylation sites is 1. The van der Waals surface area contributed by atoms with E-state index in [1.807, 2.05) is 0 Å². The predicted octanol–water partition coefficient (Wildman–Crippen LogP) is -0.670. The number of halogens is 3. The number of likely N-dealkylation sites (tertiary alicyclic amines) is 1. The molecule has 3 aromatic rings. The van der Waals surface area contributed by atoms with Crippen LogP contribution in [0.3, 0.4) is 0 Å². The molecular formula is C48H60F3InN6O11. The van der Waals surface area contributed by atoms with Gasteiger partial charge in [-0.2, -0.15) is 13.2 Å². The molecular weight excluding hydrogens is 1010 g/mol. The van der Waals surface area contributed by atoms with E-state index in [9.17, 15) is 53.1 Å². The van der Waals surface area contributed by atoms with Crippen LogP contribution in [0.2, 0.25) is 0 Å². The Morgan fingerprint density at radius 2 is 1.29 bits per heavy atom. The first-order valence-corrected chi connectivity index (χ1v) is 23.8. The van der Waals surface area contributed by atoms with Crippen molar-refractivity contribution in [2.75, 3.05) is 91.6 Å². The molecule has 1 spiro atoms. The van der Waals surface area contributed by atoms with Gasteiger partial charge in [-0.25, -0.2) is 4.79 Å². The first-order chi connectivity index (χ1) is 32.4. The van der Waals surface area contributed by atoms with E-state index in [0.29, 0.717) is 70.4 Å². The molecule has 1 saturated carbocycles. The normalized spacial score (nSPS) is 25.4. The number of aliphatic hydroxyl groups is 1. The number of aromatic nitrogens is 1. The van der Waals surface area contributed by atoms with Crippen LogP contribution in [0.5, 0.6) is 11.5 Å². The number of aryl methyl sites for hydroxylation is 1. The third kappa shape index (κ3) is 11.2. The summed E-state index contributed by atoms with van der Waals surface area (Å²) in [4.78, 5) is 53.5. The average molecular weight is 1070 g/mol. The summed E-state index contributed by atoms with van der Waals surface area (Å²) in [5, 5.41) is 67.5. The number of benzene rings is 2. The zero-order valence-electron chi connectivity index (χ0n) is 38.7. The fourth-order valence-corrected chi connectivity index (χ4v) is 11.8. The monoisotopic (exact) mass is 1070 g/mol. The number of aromatic hydroxyl groups is 1. The van der Waals surface area contributed by atoms with E-state index in [1.165, 1.54) is 18.4 Å². The van der Waals surface area contributed by atoms with E-state index in [-0.39, 0.29) is 57.3 Å². The van der Waals surface area contributed by atoms with Gasteiger partial charge in [-0.05, 0) is 80.8 Å². The zero-order chi connectivity index (χ0) is 48.5. The Kier molecular flexibility index (Phi) is 16.6. The molecule has 4 heterocycles. The number of unbranched alkanes of at least 4 members (excludes halogenated alkanes) is 3. The standard InChI is InChI=1S/C46H62N6O9.C2HF3O2.In/c53-36-12-11-32-25-37-46(60)26-34-33-7-3-4-8-35(33)52(42(34)44-45(46,41(32)43(36)61-44)13-16-51(37)27-31-9-10-31)15-6-2-1-5-14-47-17-19-48(28-38(54)55)21-23-50(30-40(58)59)24-22-49(20-18-47)29-39(56)57;3-2(4,5)1(6)7;/h3-4,7-8,11-12,31,37,44,53,60H,1-2,5-6,9-10,13-30H2,(H,54,55)(H,56,57)(H,58,59);(H,6,7);/q;;+3/p-3/t37-,44+,45+,46-;;/m1../s1. The van der Waals surface area contributed by atoms with Gasteiger partial charge in [-0.3, -0.25) is 19.6 Å². The van der Waals surface area contributed by atoms with E-state index < -0.39 is 47.2 Å². The average Bonchev–Trinajstić information content (AvgIpc) is 3.94. The molecule has 0 amide bonds. The van der Waals surface area contributed by atoms with Gasteiger partial charge in [-0.15, -0.1) is 0 Å². The van der Waals surface area contributed by atoms with Crippen LogP contribution in [0.15, 0.2) is 36.4 Å². The fourth-order valence-electron chi connectivity index (χ4n) is 11.8. The third-order valence-electron chi connectivity index (χ3n) is 15.2. The van der Waals surface area contributed by atoms with Crippen LogP contribution in [0.25, 0.3) is 10.9 Å². The second-order valence-electron chi connectivity index (χ2n) is 19.5. The Labute approximate surface area is 417 Å². The molecule has 0 radical (unpaired) electrons. The summed E-state index contributed by atoms with van der Waals surface area (Å²) in [6.45, 7) is 5.90. The van der Waals surface area contributed by atoms with Gasteiger partial charge in [0.05, 0.1) is 34.6 Å². The minimum atomic E-state index is -5.08. The van der Waals surface area contributed by atoms with Gasteiger partial charge >= 0.3 is 38.0 Å². The molecule has 21 heteroatoms. The number of phenols is 1. The van der Waals surface area contributed by atoms with Gasteiger partial charge < -0.3 is 59.2 Å². The number of hydrogen-bond acceptors (Lipinski definition) is 15. The predicted molar refractivity (Wildman–Crippen MR) is 239 cm³/mol. The van der Waals surface area contributed by atoms with Gasteiger partial charge in [0.1, 0.15) is 0 Å². The molecule has 2 aromatic carbocycles. The Morgan fingerprint density at radius 1 is 0.754 bits per heavy atom. The molecule has 2 bridgehead atoms. The molecule has 3 aliphatic heterocycles. The Morgan fingerprint density at radius 3 is 1.83 bits per heavy atom. The van der Waals surface area contributed by atoms with Crippen molar-refractivity contribution in [2.45, 2.75) is 93.7 Å². The molecule has 4 atom stereocenters. The number of carboxylic acid groups (broad SMARTS) is 4. The first kappa shape index (κ1) is 52.7. The smallest absolute Gasteiger partial charge is 0.549 e. The second kappa shape index (κ2) is 21.7. The van der Waals surface area contributed by atoms with Crippen molar-refractivity contribution in [3.63, 3.8) is 0 Å². The molecule has 17 nitrogen and oxygen atoms in total. The summed E-state index contributed by atoms with van der Waals surface area (Å²) in [7, 11) is 0. The number of piperidine rings is 1. The number of aliphatic carboxylic acids is 4. The molecule has 1 aromatic heterocycles. The van der Waals surface area contributed by atoms with Crippen LogP contribution < -0.4 is 20.1 Å². The first-order valence-electron chi connectivity index (χ1n) is 23.8. The van der Waals surface area contributed by atoms with Crippen molar-refractivity contribution in [2.24, 2.45) is 5.92 Å². The van der Waals surface area contributed by atoms with Crippen LogP contribution in [0.4, 0.5) is 13.2 Å². The molecule has 0 unspecified atom stereocenters. The number of carbonyl (C=O) groups excluding carboxylic acids is 3. The molecule has 9 rings (SSSR count). The summed E-state index contributed by atoms with van der Waals surface area (Å²) < 4.78 is 41.2. The fraction of sp³-hybridized carbons (Fsp3) is 0.625. The molecule has 69 heavy (non-hydrogen) atoms. The van der Waals surface area contributed by atoms with Gasteiger partial charge in [0, 0.05) is 114 Å². The second-order valence-corrected chi connectivity index (χ2v) is 19.5. The van der Waals surface area contributed by atoms with E-state index in [4.69, 9.17) is 14.6 Å². The number of alkyl halides is 3. The van der Waals surface area contributed by atoms with E-state index in [0.717, 1.165) is 92.4 Å². The van der Waals surface area contributed by atoms with Gasteiger partial charge in [0.2, 0.25) is 0 Å². The minimum absolute atomic E-state index is 0. The maximum Gasteiger partial charge on any atom is 3.00 e. The summed E-state index contributed by atoms with van der Waals surface area (Å²) in [5.74, 6) is -4.99. The number of carboxylic acids is 4. The number of phenolic OH excluding ortho intramolecular Hbond substituents is 1.